The van der Waals surface area contributed by atoms with Gasteiger partial charge < -0.3 is 4.74 Å². The van der Waals surface area contributed by atoms with Crippen molar-refractivity contribution in [3.63, 3.8) is 0 Å². The van der Waals surface area contributed by atoms with E-state index in [0.29, 0.717) is 0 Å². The molecule has 56 valence electrons. The van der Waals surface area contributed by atoms with Crippen molar-refractivity contribution >= 4 is 5.52 Å². The van der Waals surface area contributed by atoms with Crippen LogP contribution in [-0.4, -0.2) is 16.7 Å². The number of hydrogen-bond donors (Lipinski definition) is 0. The Hall–Kier alpha value is -1.51. The first-order chi connectivity index (χ1) is 5.42. The van der Waals surface area contributed by atoms with E-state index < -0.39 is 0 Å². The maximum absolute atomic E-state index is 5.08. The third-order valence-corrected chi connectivity index (χ3v) is 1.61. The Morgan fingerprint density at radius 1 is 1.45 bits per heavy atom. The molecule has 0 radical (unpaired) electrons. The van der Waals surface area contributed by atoms with Crippen LogP contribution in [0, 0.1) is 0 Å². The summed E-state index contributed by atoms with van der Waals surface area (Å²) in [6, 6.07) is 5.85. The summed E-state index contributed by atoms with van der Waals surface area (Å²) in [5, 5.41) is 4.08. The van der Waals surface area contributed by atoms with Crippen LogP contribution in [0.15, 0.2) is 30.6 Å². The van der Waals surface area contributed by atoms with Crippen molar-refractivity contribution in [2.24, 2.45) is 0 Å². The van der Waals surface area contributed by atoms with E-state index in [1.165, 1.54) is 0 Å². The lowest BCUT2D eigenvalue weighted by atomic mass is 10.4. The highest BCUT2D eigenvalue weighted by Crippen LogP contribution is 2.16. The van der Waals surface area contributed by atoms with Crippen molar-refractivity contribution in [3.05, 3.63) is 30.6 Å². The molecular weight excluding hydrogens is 140 g/mol. The first-order valence-electron chi connectivity index (χ1n) is 3.38. The number of rotatable bonds is 1. The van der Waals surface area contributed by atoms with Crippen molar-refractivity contribution in [1.29, 1.82) is 0 Å². The van der Waals surface area contributed by atoms with Crippen molar-refractivity contribution in [1.82, 2.24) is 9.61 Å². The summed E-state index contributed by atoms with van der Waals surface area (Å²) in [5.74, 6) is 0.811. The highest BCUT2D eigenvalue weighted by molar-refractivity contribution is 5.58. The zero-order chi connectivity index (χ0) is 7.68. The smallest absolute Gasteiger partial charge is 0.164 e. The van der Waals surface area contributed by atoms with E-state index in [4.69, 9.17) is 4.74 Å². The van der Waals surface area contributed by atoms with Gasteiger partial charge in [0.05, 0.1) is 13.3 Å². The predicted molar refractivity (Wildman–Crippen MR) is 41.7 cm³/mol. The van der Waals surface area contributed by atoms with E-state index in [1.54, 1.807) is 17.8 Å². The highest BCUT2D eigenvalue weighted by atomic mass is 16.5. The maximum atomic E-state index is 5.08. The zero-order valence-electron chi connectivity index (χ0n) is 6.19. The Labute approximate surface area is 64.2 Å². The molecular formula is C8H8N2O. The van der Waals surface area contributed by atoms with E-state index in [0.717, 1.165) is 11.3 Å². The largest absolute Gasteiger partial charge is 0.493 e. The van der Waals surface area contributed by atoms with Gasteiger partial charge in [0.2, 0.25) is 0 Å². The van der Waals surface area contributed by atoms with E-state index in [-0.39, 0.29) is 0 Å². The minimum Gasteiger partial charge on any atom is -0.493 e. The molecule has 3 nitrogen and oxygen atoms in total. The van der Waals surface area contributed by atoms with Gasteiger partial charge in [-0.1, -0.05) is 6.07 Å². The van der Waals surface area contributed by atoms with Crippen molar-refractivity contribution < 1.29 is 4.74 Å². The highest BCUT2D eigenvalue weighted by Gasteiger charge is 1.99. The molecule has 2 rings (SSSR count). The van der Waals surface area contributed by atoms with Crippen LogP contribution in [0.25, 0.3) is 5.52 Å². The van der Waals surface area contributed by atoms with Crippen molar-refractivity contribution in [2.45, 2.75) is 0 Å². The van der Waals surface area contributed by atoms with E-state index in [9.17, 15) is 0 Å². The summed E-state index contributed by atoms with van der Waals surface area (Å²) in [4.78, 5) is 0. The van der Waals surface area contributed by atoms with Crippen molar-refractivity contribution in [3.8, 4) is 5.75 Å². The van der Waals surface area contributed by atoms with Crippen molar-refractivity contribution in [2.75, 3.05) is 7.11 Å². The minimum atomic E-state index is 0.811. The topological polar surface area (TPSA) is 26.5 Å². The second kappa shape index (κ2) is 2.27. The van der Waals surface area contributed by atoms with Crippen LogP contribution in [0.4, 0.5) is 0 Å². The Morgan fingerprint density at radius 2 is 2.36 bits per heavy atom. The molecule has 2 aromatic rings. The first-order valence-corrected chi connectivity index (χ1v) is 3.38. The number of pyridine rings is 1. The van der Waals surface area contributed by atoms with Crippen LogP contribution in [0.5, 0.6) is 5.75 Å². The summed E-state index contributed by atoms with van der Waals surface area (Å²) in [6.45, 7) is 0. The molecule has 0 aliphatic rings. The fourth-order valence-electron chi connectivity index (χ4n) is 1.07. The van der Waals surface area contributed by atoms with Gasteiger partial charge in [0.15, 0.2) is 5.75 Å². The van der Waals surface area contributed by atoms with Gasteiger partial charge in [0.25, 0.3) is 0 Å². The van der Waals surface area contributed by atoms with E-state index in [2.05, 4.69) is 5.10 Å². The predicted octanol–water partition coefficient (Wildman–Crippen LogP) is 1.34. The molecule has 2 aromatic heterocycles. The summed E-state index contributed by atoms with van der Waals surface area (Å²) in [7, 11) is 1.64. The molecule has 0 aromatic carbocycles. The van der Waals surface area contributed by atoms with Gasteiger partial charge in [-0.3, -0.25) is 0 Å². The zero-order valence-corrected chi connectivity index (χ0v) is 6.19. The standard InChI is InChI=1S/C8H8N2O/c1-11-8-6-9-10-5-3-2-4-7(8)10/h2-6H,1H3. The monoisotopic (exact) mass is 148 g/mol. The molecule has 0 aliphatic carbocycles. The average Bonchev–Trinajstić information content (AvgIpc) is 2.47. The number of fused-ring (bicyclic) bond motifs is 1. The van der Waals surface area contributed by atoms with Gasteiger partial charge in [-0.2, -0.15) is 5.10 Å². The van der Waals surface area contributed by atoms with E-state index in [1.807, 2.05) is 24.4 Å². The van der Waals surface area contributed by atoms with Gasteiger partial charge in [0.1, 0.15) is 5.52 Å². The molecule has 0 atom stereocenters. The molecule has 0 amide bonds. The molecule has 0 aliphatic heterocycles. The number of hydrogen-bond acceptors (Lipinski definition) is 2. The fourth-order valence-corrected chi connectivity index (χ4v) is 1.07. The fraction of sp³-hybridized carbons (Fsp3) is 0.125. The van der Waals surface area contributed by atoms with E-state index >= 15 is 0 Å². The SMILES string of the molecule is COc1cnn2ccccc12. The first kappa shape index (κ1) is 6.22. The van der Waals surface area contributed by atoms with Crippen LogP contribution in [0.2, 0.25) is 0 Å². The third-order valence-electron chi connectivity index (χ3n) is 1.61. The third kappa shape index (κ3) is 0.852. The number of methoxy groups -OCH3 is 1. The number of ether oxygens (including phenoxy) is 1. The summed E-state index contributed by atoms with van der Waals surface area (Å²) >= 11 is 0. The van der Waals surface area contributed by atoms with Gasteiger partial charge in [0, 0.05) is 6.20 Å². The Morgan fingerprint density at radius 3 is 3.18 bits per heavy atom. The van der Waals surface area contributed by atoms with Crippen LogP contribution < -0.4 is 4.74 Å². The van der Waals surface area contributed by atoms with Crippen LogP contribution in [0.1, 0.15) is 0 Å². The summed E-state index contributed by atoms with van der Waals surface area (Å²) < 4.78 is 6.86. The van der Waals surface area contributed by atoms with Crippen LogP contribution in [0.3, 0.4) is 0 Å². The molecule has 0 saturated carbocycles. The second-order valence-corrected chi connectivity index (χ2v) is 2.24. The minimum absolute atomic E-state index is 0.811. The van der Waals surface area contributed by atoms with Gasteiger partial charge in [-0.15, -0.1) is 0 Å². The lowest BCUT2D eigenvalue weighted by Crippen LogP contribution is -1.84. The number of nitrogens with zero attached hydrogens (tertiary/aromatic N) is 2. The van der Waals surface area contributed by atoms with Gasteiger partial charge in [-0.05, 0) is 12.1 Å². The Kier molecular flexibility index (Phi) is 1.28. The Balaban J connectivity index is 2.76. The number of aromatic nitrogens is 2. The summed E-state index contributed by atoms with van der Waals surface area (Å²) in [6.07, 6.45) is 3.59. The molecule has 0 unspecified atom stereocenters. The van der Waals surface area contributed by atoms with Crippen LogP contribution in [-0.2, 0) is 0 Å². The van der Waals surface area contributed by atoms with Gasteiger partial charge >= 0.3 is 0 Å². The van der Waals surface area contributed by atoms with Gasteiger partial charge in [-0.25, -0.2) is 4.52 Å². The molecule has 11 heavy (non-hydrogen) atoms. The maximum Gasteiger partial charge on any atom is 0.164 e. The lowest BCUT2D eigenvalue weighted by Gasteiger charge is -1.94. The normalized spacial score (nSPS) is 10.3. The molecule has 0 saturated heterocycles. The molecule has 0 spiro atoms. The summed E-state index contributed by atoms with van der Waals surface area (Å²) in [5.41, 5.74) is 0.995. The quantitative estimate of drug-likeness (QED) is 0.610. The molecule has 0 bridgehead atoms. The lowest BCUT2D eigenvalue weighted by molar-refractivity contribution is 0.419. The molecule has 0 N–H and O–H groups in total. The molecule has 0 fully saturated rings. The molecule has 3 heteroatoms. The molecule has 2 heterocycles. The Bertz CT molecular complexity index is 367. The second-order valence-electron chi connectivity index (χ2n) is 2.24. The average molecular weight is 148 g/mol. The van der Waals surface area contributed by atoms with Crippen LogP contribution >= 0.6 is 0 Å².